The van der Waals surface area contributed by atoms with Crippen LogP contribution in [0.25, 0.3) is 15.9 Å². The van der Waals surface area contributed by atoms with Gasteiger partial charge in [-0.15, -0.1) is 11.3 Å². The molecule has 0 aliphatic heterocycles. The molecule has 0 amide bonds. The van der Waals surface area contributed by atoms with E-state index in [1.54, 1.807) is 47.8 Å². The second kappa shape index (κ2) is 7.44. The molecule has 0 aliphatic rings. The van der Waals surface area contributed by atoms with Crippen molar-refractivity contribution < 1.29 is 9.13 Å². The van der Waals surface area contributed by atoms with E-state index in [2.05, 4.69) is 0 Å². The van der Waals surface area contributed by atoms with Crippen molar-refractivity contribution in [3.05, 3.63) is 92.2 Å². The van der Waals surface area contributed by atoms with E-state index >= 15 is 0 Å². The van der Waals surface area contributed by atoms with Crippen molar-refractivity contribution in [2.45, 2.75) is 13.5 Å². The lowest BCUT2D eigenvalue weighted by Gasteiger charge is -2.13. The molecule has 2 aromatic carbocycles. The summed E-state index contributed by atoms with van der Waals surface area (Å²) in [5.74, 6) is 0.333. The SMILES string of the molecule is CCOc1ccc(-n2c(=O)c3sccc3n(Cc3ccc(F)cc3)c2=O)cc1. The molecule has 2 heterocycles. The Labute approximate surface area is 163 Å². The number of nitrogens with zero attached hydrogens (tertiary/aromatic N) is 2. The first-order valence-corrected chi connectivity index (χ1v) is 9.67. The van der Waals surface area contributed by atoms with Crippen LogP contribution in [0.3, 0.4) is 0 Å². The van der Waals surface area contributed by atoms with Gasteiger partial charge in [-0.3, -0.25) is 9.36 Å². The van der Waals surface area contributed by atoms with Gasteiger partial charge in [0.2, 0.25) is 0 Å². The minimum Gasteiger partial charge on any atom is -0.494 e. The van der Waals surface area contributed by atoms with E-state index in [4.69, 9.17) is 4.74 Å². The predicted octanol–water partition coefficient (Wildman–Crippen LogP) is 3.80. The highest BCUT2D eigenvalue weighted by Crippen LogP contribution is 2.19. The lowest BCUT2D eigenvalue weighted by molar-refractivity contribution is 0.340. The molecule has 0 radical (unpaired) electrons. The molecule has 0 bridgehead atoms. The van der Waals surface area contributed by atoms with Crippen LogP contribution in [0.5, 0.6) is 5.75 Å². The Balaban J connectivity index is 1.88. The molecule has 142 valence electrons. The first-order valence-electron chi connectivity index (χ1n) is 8.79. The van der Waals surface area contributed by atoms with Gasteiger partial charge in [0.25, 0.3) is 5.56 Å². The van der Waals surface area contributed by atoms with E-state index in [-0.39, 0.29) is 17.9 Å². The van der Waals surface area contributed by atoms with Crippen molar-refractivity contribution in [3.63, 3.8) is 0 Å². The van der Waals surface area contributed by atoms with Gasteiger partial charge in [-0.05, 0) is 60.3 Å². The first kappa shape index (κ1) is 18.2. The smallest absolute Gasteiger partial charge is 0.336 e. The summed E-state index contributed by atoms with van der Waals surface area (Å²) < 4.78 is 21.8. The van der Waals surface area contributed by atoms with Crippen molar-refractivity contribution in [1.29, 1.82) is 0 Å². The van der Waals surface area contributed by atoms with E-state index in [1.165, 1.54) is 28.0 Å². The third-order valence-corrected chi connectivity index (χ3v) is 5.31. The summed E-state index contributed by atoms with van der Waals surface area (Å²) in [5.41, 5.74) is 1.03. The third-order valence-electron chi connectivity index (χ3n) is 4.41. The van der Waals surface area contributed by atoms with Crippen molar-refractivity contribution in [3.8, 4) is 11.4 Å². The molecule has 0 N–H and O–H groups in total. The van der Waals surface area contributed by atoms with Crippen LogP contribution in [0.4, 0.5) is 4.39 Å². The molecule has 0 fully saturated rings. The Morgan fingerprint density at radius 2 is 1.71 bits per heavy atom. The molecule has 4 rings (SSSR count). The number of hydrogen-bond acceptors (Lipinski definition) is 4. The number of benzene rings is 2. The van der Waals surface area contributed by atoms with E-state index in [1.807, 2.05) is 6.92 Å². The summed E-state index contributed by atoms with van der Waals surface area (Å²) in [6.07, 6.45) is 0. The van der Waals surface area contributed by atoms with E-state index in [9.17, 15) is 14.0 Å². The second-order valence-electron chi connectivity index (χ2n) is 6.20. The summed E-state index contributed by atoms with van der Waals surface area (Å²) in [4.78, 5) is 26.2. The maximum atomic E-state index is 13.2. The van der Waals surface area contributed by atoms with Crippen LogP contribution in [0.1, 0.15) is 12.5 Å². The summed E-state index contributed by atoms with van der Waals surface area (Å²) in [6, 6.07) is 14.6. The van der Waals surface area contributed by atoms with Gasteiger partial charge in [0.15, 0.2) is 0 Å². The number of fused-ring (bicyclic) bond motifs is 1. The number of ether oxygens (including phenoxy) is 1. The molecule has 28 heavy (non-hydrogen) atoms. The Hall–Kier alpha value is -3.19. The van der Waals surface area contributed by atoms with Crippen LogP contribution in [-0.4, -0.2) is 15.7 Å². The van der Waals surface area contributed by atoms with Crippen molar-refractivity contribution in [1.82, 2.24) is 9.13 Å². The summed E-state index contributed by atoms with van der Waals surface area (Å²) in [6.45, 7) is 2.66. The predicted molar refractivity (Wildman–Crippen MR) is 108 cm³/mol. The maximum absolute atomic E-state index is 13.2. The zero-order chi connectivity index (χ0) is 19.7. The quantitative estimate of drug-likeness (QED) is 0.516. The Morgan fingerprint density at radius 1 is 1.00 bits per heavy atom. The van der Waals surface area contributed by atoms with Crippen LogP contribution in [0.2, 0.25) is 0 Å². The van der Waals surface area contributed by atoms with Crippen molar-refractivity contribution in [2.24, 2.45) is 0 Å². The standard InChI is InChI=1S/C21H17FN2O3S/c1-2-27-17-9-7-16(8-10-17)24-20(25)19-18(11-12-28-19)23(21(24)26)13-14-3-5-15(22)6-4-14/h3-12H,2,13H2,1H3. The first-order chi connectivity index (χ1) is 13.6. The zero-order valence-corrected chi connectivity index (χ0v) is 15.9. The minimum atomic E-state index is -0.440. The molecule has 0 aliphatic carbocycles. The van der Waals surface area contributed by atoms with E-state index < -0.39 is 5.69 Å². The molecule has 0 saturated carbocycles. The van der Waals surface area contributed by atoms with Gasteiger partial charge in [0, 0.05) is 0 Å². The van der Waals surface area contributed by atoms with Gasteiger partial charge >= 0.3 is 5.69 Å². The van der Waals surface area contributed by atoms with Gasteiger partial charge in [-0.2, -0.15) is 0 Å². The van der Waals surface area contributed by atoms with Crippen molar-refractivity contribution in [2.75, 3.05) is 6.61 Å². The normalized spacial score (nSPS) is 11.1. The molecule has 5 nitrogen and oxygen atoms in total. The van der Waals surface area contributed by atoms with Gasteiger partial charge < -0.3 is 4.74 Å². The largest absolute Gasteiger partial charge is 0.494 e. The van der Waals surface area contributed by atoms with E-state index in [0.717, 1.165) is 10.1 Å². The van der Waals surface area contributed by atoms with Gasteiger partial charge in [0.05, 0.1) is 24.4 Å². The van der Waals surface area contributed by atoms with Crippen LogP contribution in [0.15, 0.2) is 69.6 Å². The average molecular weight is 396 g/mol. The molecular formula is C21H17FN2O3S. The van der Waals surface area contributed by atoms with E-state index in [0.29, 0.717) is 28.3 Å². The summed E-state index contributed by atoms with van der Waals surface area (Å²) in [5, 5.41) is 1.79. The second-order valence-corrected chi connectivity index (χ2v) is 7.11. The van der Waals surface area contributed by atoms with Crippen LogP contribution in [0, 0.1) is 5.82 Å². The summed E-state index contributed by atoms with van der Waals surface area (Å²) >= 11 is 1.29. The molecular weight excluding hydrogens is 379 g/mol. The highest BCUT2D eigenvalue weighted by Gasteiger charge is 2.16. The van der Waals surface area contributed by atoms with Crippen molar-refractivity contribution >= 4 is 21.6 Å². The number of hydrogen-bond donors (Lipinski definition) is 0. The van der Waals surface area contributed by atoms with Crippen LogP contribution < -0.4 is 16.0 Å². The number of halogens is 1. The lowest BCUT2D eigenvalue weighted by Crippen LogP contribution is -2.38. The van der Waals surface area contributed by atoms with Gasteiger partial charge in [-0.25, -0.2) is 13.8 Å². The number of aromatic nitrogens is 2. The number of rotatable bonds is 5. The zero-order valence-electron chi connectivity index (χ0n) is 15.1. The molecule has 0 saturated heterocycles. The molecule has 0 spiro atoms. The average Bonchev–Trinajstić information content (AvgIpc) is 3.18. The molecule has 0 atom stereocenters. The minimum absolute atomic E-state index is 0.240. The van der Waals surface area contributed by atoms with Gasteiger partial charge in [0.1, 0.15) is 16.3 Å². The fraction of sp³-hybridized carbons (Fsp3) is 0.143. The Kier molecular flexibility index (Phi) is 4.83. The maximum Gasteiger partial charge on any atom is 0.336 e. The number of thiophene rings is 1. The highest BCUT2D eigenvalue weighted by atomic mass is 32.1. The molecule has 7 heteroatoms. The topological polar surface area (TPSA) is 53.2 Å². The lowest BCUT2D eigenvalue weighted by atomic mass is 10.2. The fourth-order valence-corrected chi connectivity index (χ4v) is 3.92. The monoisotopic (exact) mass is 396 g/mol. The fourth-order valence-electron chi connectivity index (χ4n) is 3.10. The molecule has 4 aromatic rings. The van der Waals surface area contributed by atoms with Crippen LogP contribution in [-0.2, 0) is 6.54 Å². The Morgan fingerprint density at radius 3 is 2.39 bits per heavy atom. The third kappa shape index (κ3) is 3.25. The molecule has 0 unspecified atom stereocenters. The highest BCUT2D eigenvalue weighted by molar-refractivity contribution is 7.17. The summed E-state index contributed by atoms with van der Waals surface area (Å²) in [7, 11) is 0. The molecule has 2 aromatic heterocycles. The van der Waals surface area contributed by atoms with Gasteiger partial charge in [-0.1, -0.05) is 12.1 Å². The van der Waals surface area contributed by atoms with Crippen LogP contribution >= 0.6 is 11.3 Å². The Bertz CT molecular complexity index is 1240.